The van der Waals surface area contributed by atoms with Gasteiger partial charge < -0.3 is 0 Å². The van der Waals surface area contributed by atoms with Crippen LogP contribution in [-0.2, 0) is 14.4 Å². The molecule has 0 saturated carbocycles. The van der Waals surface area contributed by atoms with Gasteiger partial charge in [-0.25, -0.2) is 0 Å². The van der Waals surface area contributed by atoms with E-state index in [1.807, 2.05) is 0 Å². The molecule has 1 saturated heterocycles. The van der Waals surface area contributed by atoms with Gasteiger partial charge in [0.15, 0.2) is 0 Å². The Labute approximate surface area is 153 Å². The maximum absolute atomic E-state index is 13.4. The van der Waals surface area contributed by atoms with Crippen LogP contribution in [0.1, 0.15) is 19.4 Å². The van der Waals surface area contributed by atoms with E-state index in [1.165, 1.54) is 13.1 Å². The van der Waals surface area contributed by atoms with Crippen molar-refractivity contribution >= 4 is 29.0 Å². The number of alkyl halides is 3. The number of para-hydroxylation sites is 1. The van der Waals surface area contributed by atoms with Crippen LogP contribution in [0, 0.1) is 17.8 Å². The van der Waals surface area contributed by atoms with E-state index in [-0.39, 0.29) is 11.6 Å². The highest BCUT2D eigenvalue weighted by Crippen LogP contribution is 2.55. The summed E-state index contributed by atoms with van der Waals surface area (Å²) in [5, 5.41) is 0. The van der Waals surface area contributed by atoms with E-state index < -0.39 is 41.8 Å². The maximum Gasteiger partial charge on any atom is 0.471 e. The van der Waals surface area contributed by atoms with E-state index >= 15 is 0 Å². The molecular formula is C19H17F3N2O3. The number of fused-ring (bicyclic) bond motifs is 5. The zero-order chi connectivity index (χ0) is 19.8. The second-order valence-electron chi connectivity index (χ2n) is 7.31. The van der Waals surface area contributed by atoms with Gasteiger partial charge in [-0.1, -0.05) is 30.7 Å². The first-order valence-corrected chi connectivity index (χ1v) is 8.59. The van der Waals surface area contributed by atoms with Crippen LogP contribution < -0.4 is 4.90 Å². The third-order valence-corrected chi connectivity index (χ3v) is 6.09. The Morgan fingerprint density at radius 1 is 1.07 bits per heavy atom. The summed E-state index contributed by atoms with van der Waals surface area (Å²) in [6, 6.07) is 5.21. The zero-order valence-electron chi connectivity index (χ0n) is 14.9. The number of rotatable bonds is 0. The number of hydrogen-bond donors (Lipinski definition) is 0. The van der Waals surface area contributed by atoms with Crippen molar-refractivity contribution in [3.8, 4) is 0 Å². The monoisotopic (exact) mass is 378 g/mol. The molecule has 0 N–H and O–H groups in total. The molecule has 142 valence electrons. The molecule has 2 heterocycles. The molecule has 0 aromatic heterocycles. The van der Waals surface area contributed by atoms with E-state index in [1.54, 1.807) is 32.0 Å². The highest BCUT2D eigenvalue weighted by Gasteiger charge is 2.62. The number of allylic oxidation sites excluding steroid dienone is 1. The first-order valence-electron chi connectivity index (χ1n) is 8.59. The first-order chi connectivity index (χ1) is 12.6. The number of anilines is 1. The molecule has 4 atom stereocenters. The smallest absolute Gasteiger partial charge is 0.296 e. The Hall–Kier alpha value is -2.64. The molecule has 0 spiro atoms. The van der Waals surface area contributed by atoms with Crippen molar-refractivity contribution in [2.24, 2.45) is 17.8 Å². The number of halogens is 3. The van der Waals surface area contributed by atoms with Crippen molar-refractivity contribution in [1.82, 2.24) is 4.90 Å². The van der Waals surface area contributed by atoms with Gasteiger partial charge >= 0.3 is 12.1 Å². The fourth-order valence-corrected chi connectivity index (χ4v) is 4.74. The van der Waals surface area contributed by atoms with Crippen molar-refractivity contribution in [2.75, 3.05) is 11.9 Å². The molecule has 8 heteroatoms. The van der Waals surface area contributed by atoms with Gasteiger partial charge in [0.1, 0.15) is 0 Å². The molecule has 1 aliphatic carbocycles. The summed E-state index contributed by atoms with van der Waals surface area (Å²) in [6.07, 6.45) is -5.09. The number of hydrogen-bond acceptors (Lipinski definition) is 3. The number of imide groups is 1. The normalized spacial score (nSPS) is 29.9. The summed E-state index contributed by atoms with van der Waals surface area (Å²) in [5.41, 5.74) is 1.93. The molecule has 1 unspecified atom stereocenters. The number of likely N-dealkylation sites (tertiary alicyclic amines) is 1. The lowest BCUT2D eigenvalue weighted by atomic mass is 9.68. The van der Waals surface area contributed by atoms with Crippen LogP contribution in [0.5, 0.6) is 0 Å². The molecule has 0 radical (unpaired) electrons. The molecule has 3 amide bonds. The second-order valence-corrected chi connectivity index (χ2v) is 7.31. The van der Waals surface area contributed by atoms with Crippen molar-refractivity contribution in [3.05, 3.63) is 35.4 Å². The predicted octanol–water partition coefficient (Wildman–Crippen LogP) is 2.62. The van der Waals surface area contributed by atoms with Gasteiger partial charge in [0.25, 0.3) is 0 Å². The summed E-state index contributed by atoms with van der Waals surface area (Å²) in [6.45, 7) is 3.56. The van der Waals surface area contributed by atoms with Gasteiger partial charge in [-0.05, 0) is 24.5 Å². The van der Waals surface area contributed by atoms with E-state index in [9.17, 15) is 27.6 Å². The van der Waals surface area contributed by atoms with Crippen molar-refractivity contribution in [2.45, 2.75) is 26.1 Å². The number of nitrogens with zero attached hydrogens (tertiary/aromatic N) is 2. The molecular weight excluding hydrogens is 361 g/mol. The quantitative estimate of drug-likeness (QED) is 0.652. The van der Waals surface area contributed by atoms with Crippen LogP contribution in [0.4, 0.5) is 18.9 Å². The molecule has 2 aliphatic heterocycles. The Morgan fingerprint density at radius 2 is 1.67 bits per heavy atom. The number of amides is 3. The van der Waals surface area contributed by atoms with Crippen LogP contribution in [0.3, 0.4) is 0 Å². The summed E-state index contributed by atoms with van der Waals surface area (Å²) < 4.78 is 40.1. The molecule has 27 heavy (non-hydrogen) atoms. The van der Waals surface area contributed by atoms with Gasteiger partial charge in [0, 0.05) is 12.6 Å². The summed E-state index contributed by atoms with van der Waals surface area (Å²) in [5.74, 6) is -5.07. The van der Waals surface area contributed by atoms with Crippen molar-refractivity contribution < 1.29 is 27.6 Å². The molecule has 1 aromatic rings. The fourth-order valence-electron chi connectivity index (χ4n) is 4.74. The first kappa shape index (κ1) is 17.8. The number of carbonyl (C=O) groups is 3. The van der Waals surface area contributed by atoms with E-state index in [0.717, 1.165) is 10.5 Å². The van der Waals surface area contributed by atoms with Gasteiger partial charge in [-0.15, -0.1) is 0 Å². The SMILES string of the molecule is CC1=C2c3ccccc3N(C(=O)C(F)(F)F)C2[C@H]2C(=O)N(C)C(=O)[C@H]2[C@H]1C. The highest BCUT2D eigenvalue weighted by atomic mass is 19.4. The Kier molecular flexibility index (Phi) is 3.57. The minimum absolute atomic E-state index is 0.127. The van der Waals surface area contributed by atoms with Gasteiger partial charge in [0.2, 0.25) is 11.8 Å². The summed E-state index contributed by atoms with van der Waals surface area (Å²) >= 11 is 0. The molecule has 1 aromatic carbocycles. The number of carbonyl (C=O) groups excluding carboxylic acids is 3. The predicted molar refractivity (Wildman–Crippen MR) is 90.3 cm³/mol. The molecule has 5 nitrogen and oxygen atoms in total. The van der Waals surface area contributed by atoms with E-state index in [0.29, 0.717) is 16.0 Å². The van der Waals surface area contributed by atoms with Crippen LogP contribution in [0.2, 0.25) is 0 Å². The summed E-state index contributed by atoms with van der Waals surface area (Å²) in [4.78, 5) is 39.3. The minimum Gasteiger partial charge on any atom is -0.296 e. The van der Waals surface area contributed by atoms with Crippen LogP contribution in [-0.4, -0.2) is 41.9 Å². The largest absolute Gasteiger partial charge is 0.471 e. The Morgan fingerprint density at radius 3 is 2.30 bits per heavy atom. The highest BCUT2D eigenvalue weighted by molar-refractivity contribution is 6.13. The van der Waals surface area contributed by atoms with Crippen LogP contribution in [0.15, 0.2) is 29.8 Å². The molecule has 3 aliphatic rings. The fraction of sp³-hybridized carbons (Fsp3) is 0.421. The topological polar surface area (TPSA) is 57.7 Å². The van der Waals surface area contributed by atoms with Crippen molar-refractivity contribution in [1.29, 1.82) is 0 Å². The average Bonchev–Trinajstić information content (AvgIpc) is 3.06. The third-order valence-electron chi connectivity index (χ3n) is 6.09. The second kappa shape index (κ2) is 5.43. The maximum atomic E-state index is 13.4. The Bertz CT molecular complexity index is 921. The minimum atomic E-state index is -5.09. The van der Waals surface area contributed by atoms with E-state index in [4.69, 9.17) is 0 Å². The molecule has 4 rings (SSSR count). The van der Waals surface area contributed by atoms with Gasteiger partial charge in [-0.3, -0.25) is 24.2 Å². The molecule has 0 bridgehead atoms. The van der Waals surface area contributed by atoms with Crippen LogP contribution >= 0.6 is 0 Å². The lowest BCUT2D eigenvalue weighted by Gasteiger charge is -2.38. The summed E-state index contributed by atoms with van der Waals surface area (Å²) in [7, 11) is 1.34. The average molecular weight is 378 g/mol. The lowest BCUT2D eigenvalue weighted by molar-refractivity contribution is -0.171. The van der Waals surface area contributed by atoms with Gasteiger partial charge in [-0.2, -0.15) is 13.2 Å². The standard InChI is InChI=1S/C19H17F3N2O3/c1-8-9(2)13-14(17(26)23(3)16(13)25)15-12(8)10-6-4-5-7-11(10)24(15)18(27)19(20,21)22/h4-7,9,13-15H,1-3H3/t9-,13-,14-,15?/m0/s1. The van der Waals surface area contributed by atoms with Gasteiger partial charge in [0.05, 0.1) is 23.6 Å². The van der Waals surface area contributed by atoms with Crippen LogP contribution in [0.25, 0.3) is 5.57 Å². The van der Waals surface area contributed by atoms with Crippen molar-refractivity contribution in [3.63, 3.8) is 0 Å². The molecule has 1 fully saturated rings. The third kappa shape index (κ3) is 2.15. The lowest BCUT2D eigenvalue weighted by Crippen LogP contribution is -2.53. The number of benzene rings is 1. The van der Waals surface area contributed by atoms with E-state index in [2.05, 4.69) is 0 Å². The Balaban J connectivity index is 1.99. The zero-order valence-corrected chi connectivity index (χ0v) is 14.9.